The summed E-state index contributed by atoms with van der Waals surface area (Å²) in [5, 5.41) is 22.3. The average molecular weight is 385 g/mol. The summed E-state index contributed by atoms with van der Waals surface area (Å²) in [5.41, 5.74) is 0.561. The van der Waals surface area contributed by atoms with Crippen LogP contribution < -0.4 is 10.1 Å². The fourth-order valence-corrected chi connectivity index (χ4v) is 3.08. The molecule has 0 aliphatic heterocycles. The molecule has 1 N–H and O–H groups in total. The highest BCUT2D eigenvalue weighted by Gasteiger charge is 2.20. The number of nitro groups is 1. The van der Waals surface area contributed by atoms with Gasteiger partial charge in [0.2, 0.25) is 0 Å². The number of nitrogens with zero attached hydrogens (tertiary/aromatic N) is 4. The van der Waals surface area contributed by atoms with Gasteiger partial charge in [-0.2, -0.15) is 0 Å². The van der Waals surface area contributed by atoms with Crippen LogP contribution in [0.25, 0.3) is 0 Å². The van der Waals surface area contributed by atoms with E-state index in [0.29, 0.717) is 21.5 Å². The van der Waals surface area contributed by atoms with Crippen molar-refractivity contribution in [2.45, 2.75) is 10.1 Å². The molecule has 0 aliphatic carbocycles. The quantitative estimate of drug-likeness (QED) is 0.512. The first-order valence-corrected chi connectivity index (χ1v) is 8.55. The second-order valence-electron chi connectivity index (χ2n) is 5.45. The van der Waals surface area contributed by atoms with E-state index in [1.165, 1.54) is 24.5 Å². The van der Waals surface area contributed by atoms with Crippen LogP contribution in [0.4, 0.5) is 11.4 Å². The van der Waals surface area contributed by atoms with Crippen LogP contribution in [0.1, 0.15) is 10.4 Å². The zero-order valence-corrected chi connectivity index (χ0v) is 15.3. The van der Waals surface area contributed by atoms with Crippen LogP contribution in [0.2, 0.25) is 0 Å². The number of anilines is 1. The molecule has 0 atom stereocenters. The fraction of sp³-hybridized carbons (Fsp3) is 0.118. The molecule has 0 aliphatic rings. The molecule has 9 nitrogen and oxygen atoms in total. The minimum absolute atomic E-state index is 0.176. The molecule has 10 heteroatoms. The Balaban J connectivity index is 1.83. The van der Waals surface area contributed by atoms with E-state index in [-0.39, 0.29) is 11.3 Å². The lowest BCUT2D eigenvalue weighted by atomic mass is 10.2. The fourth-order valence-electron chi connectivity index (χ4n) is 2.23. The van der Waals surface area contributed by atoms with Crippen molar-refractivity contribution in [2.75, 3.05) is 12.4 Å². The second kappa shape index (κ2) is 7.87. The summed E-state index contributed by atoms with van der Waals surface area (Å²) in [6.07, 6.45) is 1.50. The van der Waals surface area contributed by atoms with Gasteiger partial charge in [-0.25, -0.2) is 0 Å². The molecule has 0 spiro atoms. The van der Waals surface area contributed by atoms with Crippen LogP contribution in [0.5, 0.6) is 5.75 Å². The standard InChI is InChI=1S/C17H15N5O4S/c1-21-10-18-20-17(21)27-15-8-3-11(9-14(15)22(24)25)16(23)19-12-4-6-13(26-2)7-5-12/h3-10H,1-2H3,(H,19,23). The summed E-state index contributed by atoms with van der Waals surface area (Å²) in [6.45, 7) is 0. The van der Waals surface area contributed by atoms with Gasteiger partial charge in [0, 0.05) is 24.4 Å². The van der Waals surface area contributed by atoms with Gasteiger partial charge in [-0.1, -0.05) is 0 Å². The van der Waals surface area contributed by atoms with Crippen molar-refractivity contribution in [1.29, 1.82) is 0 Å². The van der Waals surface area contributed by atoms with Gasteiger partial charge in [-0.3, -0.25) is 14.9 Å². The van der Waals surface area contributed by atoms with E-state index in [1.54, 1.807) is 43.0 Å². The highest BCUT2D eigenvalue weighted by Crippen LogP contribution is 2.34. The highest BCUT2D eigenvalue weighted by atomic mass is 32.2. The number of carbonyl (C=O) groups excluding carboxylic acids is 1. The van der Waals surface area contributed by atoms with Gasteiger partial charge in [-0.05, 0) is 48.2 Å². The third kappa shape index (κ3) is 4.23. The third-order valence-electron chi connectivity index (χ3n) is 3.64. The topological polar surface area (TPSA) is 112 Å². The first-order valence-electron chi connectivity index (χ1n) is 7.73. The SMILES string of the molecule is COc1ccc(NC(=O)c2ccc(Sc3nncn3C)c([N+](=O)[O-])c2)cc1. The predicted molar refractivity (Wildman–Crippen MR) is 99.2 cm³/mol. The number of benzene rings is 2. The molecule has 2 aromatic carbocycles. The molecule has 0 saturated carbocycles. The van der Waals surface area contributed by atoms with Crippen molar-refractivity contribution in [3.63, 3.8) is 0 Å². The number of aromatic nitrogens is 3. The molecule has 27 heavy (non-hydrogen) atoms. The monoisotopic (exact) mass is 385 g/mol. The number of nitro benzene ring substituents is 1. The Bertz CT molecular complexity index is 987. The number of hydrogen-bond acceptors (Lipinski definition) is 7. The lowest BCUT2D eigenvalue weighted by molar-refractivity contribution is -0.387. The molecule has 0 radical (unpaired) electrons. The van der Waals surface area contributed by atoms with Crippen LogP contribution in [-0.2, 0) is 7.05 Å². The van der Waals surface area contributed by atoms with E-state index in [1.807, 2.05) is 0 Å². The lowest BCUT2D eigenvalue weighted by Crippen LogP contribution is -2.12. The van der Waals surface area contributed by atoms with Crippen LogP contribution in [0.3, 0.4) is 0 Å². The number of rotatable bonds is 6. The zero-order chi connectivity index (χ0) is 19.4. The number of amides is 1. The molecule has 1 heterocycles. The number of ether oxygens (including phenoxy) is 1. The Morgan fingerprint density at radius 2 is 2.00 bits per heavy atom. The molecule has 3 aromatic rings. The molecule has 3 rings (SSSR count). The van der Waals surface area contributed by atoms with E-state index >= 15 is 0 Å². The van der Waals surface area contributed by atoms with E-state index < -0.39 is 10.8 Å². The summed E-state index contributed by atoms with van der Waals surface area (Å²) >= 11 is 1.11. The molecule has 1 aromatic heterocycles. The minimum Gasteiger partial charge on any atom is -0.497 e. The molecule has 0 unspecified atom stereocenters. The Morgan fingerprint density at radius 1 is 1.26 bits per heavy atom. The van der Waals surface area contributed by atoms with E-state index in [2.05, 4.69) is 15.5 Å². The van der Waals surface area contributed by atoms with Crippen LogP contribution in [-0.4, -0.2) is 32.7 Å². The maximum atomic E-state index is 12.4. The largest absolute Gasteiger partial charge is 0.497 e. The number of aryl methyl sites for hydroxylation is 1. The lowest BCUT2D eigenvalue weighted by Gasteiger charge is -2.08. The van der Waals surface area contributed by atoms with Gasteiger partial charge in [0.05, 0.1) is 16.9 Å². The maximum absolute atomic E-state index is 12.4. The van der Waals surface area contributed by atoms with Gasteiger partial charge in [0.1, 0.15) is 12.1 Å². The summed E-state index contributed by atoms with van der Waals surface area (Å²) < 4.78 is 6.72. The Morgan fingerprint density at radius 3 is 2.59 bits per heavy atom. The van der Waals surface area contributed by atoms with Gasteiger partial charge in [0.25, 0.3) is 11.6 Å². The highest BCUT2D eigenvalue weighted by molar-refractivity contribution is 7.99. The normalized spacial score (nSPS) is 10.4. The zero-order valence-electron chi connectivity index (χ0n) is 14.4. The number of carbonyl (C=O) groups is 1. The molecule has 1 amide bonds. The van der Waals surface area contributed by atoms with Crippen molar-refractivity contribution in [2.24, 2.45) is 7.05 Å². The van der Waals surface area contributed by atoms with Crippen LogP contribution >= 0.6 is 11.8 Å². The Labute approximate surface area is 158 Å². The van der Waals surface area contributed by atoms with Crippen molar-refractivity contribution in [3.05, 3.63) is 64.5 Å². The summed E-state index contributed by atoms with van der Waals surface area (Å²) in [4.78, 5) is 23.7. The summed E-state index contributed by atoms with van der Waals surface area (Å²) in [5.74, 6) is 0.215. The average Bonchev–Trinajstić information content (AvgIpc) is 3.07. The van der Waals surface area contributed by atoms with Crippen LogP contribution in [0.15, 0.2) is 58.8 Å². The first-order chi connectivity index (χ1) is 13.0. The number of nitrogens with one attached hydrogen (secondary N) is 1. The van der Waals surface area contributed by atoms with Gasteiger partial charge < -0.3 is 14.6 Å². The number of hydrogen-bond donors (Lipinski definition) is 1. The predicted octanol–water partition coefficient (Wildman–Crippen LogP) is 3.14. The molecular formula is C17H15N5O4S. The Kier molecular flexibility index (Phi) is 5.36. The Hall–Kier alpha value is -3.40. The summed E-state index contributed by atoms with van der Waals surface area (Å²) in [7, 11) is 3.29. The van der Waals surface area contributed by atoms with Crippen molar-refractivity contribution in [3.8, 4) is 5.75 Å². The van der Waals surface area contributed by atoms with E-state index in [4.69, 9.17) is 4.74 Å². The maximum Gasteiger partial charge on any atom is 0.284 e. The number of methoxy groups -OCH3 is 1. The summed E-state index contributed by atoms with van der Waals surface area (Å²) in [6, 6.07) is 11.1. The van der Waals surface area contributed by atoms with Crippen molar-refractivity contribution in [1.82, 2.24) is 14.8 Å². The van der Waals surface area contributed by atoms with Crippen molar-refractivity contribution < 1.29 is 14.5 Å². The minimum atomic E-state index is -0.525. The molecule has 138 valence electrons. The first kappa shape index (κ1) is 18.4. The van der Waals surface area contributed by atoms with Gasteiger partial charge >= 0.3 is 0 Å². The van der Waals surface area contributed by atoms with Crippen LogP contribution in [0, 0.1) is 10.1 Å². The van der Waals surface area contributed by atoms with Gasteiger partial charge in [-0.15, -0.1) is 10.2 Å². The van der Waals surface area contributed by atoms with E-state index in [9.17, 15) is 14.9 Å². The van der Waals surface area contributed by atoms with Crippen molar-refractivity contribution >= 4 is 29.0 Å². The molecule has 0 fully saturated rings. The van der Waals surface area contributed by atoms with Gasteiger partial charge in [0.15, 0.2) is 5.16 Å². The third-order valence-corrected chi connectivity index (χ3v) is 4.75. The molecule has 0 bridgehead atoms. The molecular weight excluding hydrogens is 370 g/mol. The second-order valence-corrected chi connectivity index (χ2v) is 6.46. The smallest absolute Gasteiger partial charge is 0.284 e. The molecule has 0 saturated heterocycles. The van der Waals surface area contributed by atoms with E-state index in [0.717, 1.165) is 11.8 Å².